The molecule has 0 bridgehead atoms. The van der Waals surface area contributed by atoms with Crippen molar-refractivity contribution >= 4 is 22.8 Å². The summed E-state index contributed by atoms with van der Waals surface area (Å²) in [6.07, 6.45) is 2.06. The summed E-state index contributed by atoms with van der Waals surface area (Å²) in [4.78, 5) is 19.0. The minimum atomic E-state index is -0.320. The van der Waals surface area contributed by atoms with Crippen LogP contribution < -0.4 is 16.4 Å². The maximum atomic E-state index is 12.3. The Labute approximate surface area is 200 Å². The predicted octanol–water partition coefficient (Wildman–Crippen LogP) is 3.74. The SMILES string of the molecule is N#Cc1ccc(CN2CCC(CNC(=O)NC(N)=NCc3cccc4ccccc34)CC2)cc1. The Morgan fingerprint density at radius 3 is 2.56 bits per heavy atom. The van der Waals surface area contributed by atoms with E-state index >= 15 is 0 Å². The van der Waals surface area contributed by atoms with Crippen LogP contribution in [0.4, 0.5) is 4.79 Å². The van der Waals surface area contributed by atoms with E-state index in [1.54, 1.807) is 0 Å². The fourth-order valence-electron chi connectivity index (χ4n) is 4.33. The van der Waals surface area contributed by atoms with E-state index in [0.717, 1.165) is 48.8 Å². The number of urea groups is 1. The van der Waals surface area contributed by atoms with E-state index in [2.05, 4.69) is 44.8 Å². The Kier molecular flexibility index (Phi) is 7.74. The quantitative estimate of drug-likeness (QED) is 0.390. The predicted molar refractivity (Wildman–Crippen MR) is 135 cm³/mol. The third-order valence-corrected chi connectivity index (χ3v) is 6.29. The molecule has 0 aliphatic carbocycles. The molecule has 0 unspecified atom stereocenters. The molecule has 0 radical (unpaired) electrons. The van der Waals surface area contributed by atoms with Gasteiger partial charge < -0.3 is 11.1 Å². The van der Waals surface area contributed by atoms with E-state index in [1.165, 1.54) is 5.56 Å². The van der Waals surface area contributed by atoms with Crippen LogP contribution in [0.5, 0.6) is 0 Å². The average Bonchev–Trinajstić information content (AvgIpc) is 2.87. The van der Waals surface area contributed by atoms with Crippen LogP contribution in [0.3, 0.4) is 0 Å². The highest BCUT2D eigenvalue weighted by Crippen LogP contribution is 2.20. The maximum absolute atomic E-state index is 12.3. The maximum Gasteiger partial charge on any atom is 0.321 e. The molecular formula is C27H30N6O. The fourth-order valence-corrected chi connectivity index (χ4v) is 4.33. The summed E-state index contributed by atoms with van der Waals surface area (Å²) in [5.41, 5.74) is 8.91. The lowest BCUT2D eigenvalue weighted by molar-refractivity contribution is 0.175. The second-order valence-electron chi connectivity index (χ2n) is 8.70. The lowest BCUT2D eigenvalue weighted by atomic mass is 9.96. The van der Waals surface area contributed by atoms with Crippen LogP contribution in [-0.4, -0.2) is 36.5 Å². The molecule has 4 N–H and O–H groups in total. The molecular weight excluding hydrogens is 424 g/mol. The van der Waals surface area contributed by atoms with Gasteiger partial charge in [-0.1, -0.05) is 54.6 Å². The van der Waals surface area contributed by atoms with Crippen molar-refractivity contribution in [2.24, 2.45) is 16.6 Å². The Balaban J connectivity index is 1.18. The number of aliphatic imine (C=N–C) groups is 1. The van der Waals surface area contributed by atoms with E-state index in [0.29, 0.717) is 24.6 Å². The number of amides is 2. The molecule has 0 aromatic heterocycles. The number of nitrogens with two attached hydrogens (primary N) is 1. The van der Waals surface area contributed by atoms with Crippen LogP contribution >= 0.6 is 0 Å². The normalized spacial score (nSPS) is 15.1. The van der Waals surface area contributed by atoms with Gasteiger partial charge in [-0.3, -0.25) is 10.2 Å². The smallest absolute Gasteiger partial charge is 0.321 e. The standard InChI is InChI=1S/C27H30N6O/c28-16-20-8-10-22(11-9-20)19-33-14-12-21(13-15-33)17-31-27(34)32-26(29)30-18-24-6-3-5-23-4-1-2-7-25(23)24/h1-11,21H,12-15,17-19H2,(H4,29,30,31,32,34). The fraction of sp³-hybridized carbons (Fsp3) is 0.296. The summed E-state index contributed by atoms with van der Waals surface area (Å²) < 4.78 is 0. The number of benzene rings is 3. The number of piperidine rings is 1. The van der Waals surface area contributed by atoms with Gasteiger partial charge in [-0.2, -0.15) is 5.26 Å². The van der Waals surface area contributed by atoms with Gasteiger partial charge in [0.1, 0.15) is 0 Å². The number of hydrogen-bond donors (Lipinski definition) is 3. The van der Waals surface area contributed by atoms with Gasteiger partial charge in [0.25, 0.3) is 0 Å². The molecule has 7 heteroatoms. The summed E-state index contributed by atoms with van der Waals surface area (Å²) in [5.74, 6) is 0.555. The van der Waals surface area contributed by atoms with Gasteiger partial charge in [0.15, 0.2) is 5.96 Å². The molecule has 174 valence electrons. The van der Waals surface area contributed by atoms with Crippen LogP contribution in [-0.2, 0) is 13.1 Å². The highest BCUT2D eigenvalue weighted by atomic mass is 16.2. The second-order valence-corrected chi connectivity index (χ2v) is 8.70. The van der Waals surface area contributed by atoms with E-state index in [4.69, 9.17) is 11.0 Å². The Hall–Kier alpha value is -3.89. The van der Waals surface area contributed by atoms with Crippen LogP contribution in [0, 0.1) is 17.2 Å². The van der Waals surface area contributed by atoms with Crippen LogP contribution in [0.2, 0.25) is 0 Å². The number of nitriles is 1. The van der Waals surface area contributed by atoms with E-state index in [1.807, 2.05) is 48.5 Å². The summed E-state index contributed by atoms with van der Waals surface area (Å²) >= 11 is 0. The van der Waals surface area contributed by atoms with E-state index in [9.17, 15) is 4.79 Å². The van der Waals surface area contributed by atoms with Gasteiger partial charge in [-0.25, -0.2) is 9.79 Å². The molecule has 3 aromatic rings. The van der Waals surface area contributed by atoms with Crippen molar-refractivity contribution < 1.29 is 4.79 Å². The first-order valence-corrected chi connectivity index (χ1v) is 11.6. The van der Waals surface area contributed by atoms with Gasteiger partial charge >= 0.3 is 6.03 Å². The molecule has 0 spiro atoms. The van der Waals surface area contributed by atoms with Crippen LogP contribution in [0.1, 0.15) is 29.5 Å². The van der Waals surface area contributed by atoms with E-state index in [-0.39, 0.29) is 12.0 Å². The molecule has 4 rings (SSSR count). The van der Waals surface area contributed by atoms with Crippen molar-refractivity contribution in [1.29, 1.82) is 5.26 Å². The Morgan fingerprint density at radius 2 is 1.79 bits per heavy atom. The van der Waals surface area contributed by atoms with Crippen LogP contribution in [0.15, 0.2) is 71.7 Å². The number of nitrogens with zero attached hydrogens (tertiary/aromatic N) is 3. The molecule has 1 aliphatic rings. The van der Waals surface area contributed by atoms with Gasteiger partial charge in [0.05, 0.1) is 18.2 Å². The van der Waals surface area contributed by atoms with Gasteiger partial charge in [0.2, 0.25) is 0 Å². The van der Waals surface area contributed by atoms with Gasteiger partial charge in [-0.15, -0.1) is 0 Å². The molecule has 7 nitrogen and oxygen atoms in total. The number of nitrogens with one attached hydrogen (secondary N) is 2. The lowest BCUT2D eigenvalue weighted by Gasteiger charge is -2.32. The molecule has 3 aromatic carbocycles. The number of hydrogen-bond acceptors (Lipinski definition) is 4. The first-order valence-electron chi connectivity index (χ1n) is 11.6. The minimum Gasteiger partial charge on any atom is -0.370 e. The van der Waals surface area contributed by atoms with Crippen molar-refractivity contribution in [2.75, 3.05) is 19.6 Å². The first-order chi connectivity index (χ1) is 16.6. The zero-order valence-electron chi connectivity index (χ0n) is 19.2. The zero-order valence-corrected chi connectivity index (χ0v) is 19.2. The topological polar surface area (TPSA) is 107 Å². The third kappa shape index (κ3) is 6.33. The monoisotopic (exact) mass is 454 g/mol. The first kappa shape index (κ1) is 23.3. The van der Waals surface area contributed by atoms with Crippen molar-refractivity contribution in [3.05, 3.63) is 83.4 Å². The number of carbonyl (C=O) groups is 1. The molecule has 1 saturated heterocycles. The van der Waals surface area contributed by atoms with Crippen molar-refractivity contribution in [3.8, 4) is 6.07 Å². The average molecular weight is 455 g/mol. The Morgan fingerprint density at radius 1 is 1.06 bits per heavy atom. The molecule has 1 fully saturated rings. The van der Waals surface area contributed by atoms with Crippen molar-refractivity contribution in [2.45, 2.75) is 25.9 Å². The molecule has 1 aliphatic heterocycles. The molecule has 34 heavy (non-hydrogen) atoms. The molecule has 1 heterocycles. The highest BCUT2D eigenvalue weighted by Gasteiger charge is 2.20. The number of carbonyl (C=O) groups excluding carboxylic acids is 1. The molecule has 0 atom stereocenters. The molecule has 2 amide bonds. The second kappa shape index (κ2) is 11.3. The zero-order chi connectivity index (χ0) is 23.8. The van der Waals surface area contributed by atoms with Crippen molar-refractivity contribution in [3.63, 3.8) is 0 Å². The van der Waals surface area contributed by atoms with Gasteiger partial charge in [0, 0.05) is 13.1 Å². The number of likely N-dealkylation sites (tertiary alicyclic amines) is 1. The highest BCUT2D eigenvalue weighted by molar-refractivity contribution is 5.95. The third-order valence-electron chi connectivity index (χ3n) is 6.29. The van der Waals surface area contributed by atoms with Crippen LogP contribution in [0.25, 0.3) is 10.8 Å². The van der Waals surface area contributed by atoms with E-state index < -0.39 is 0 Å². The summed E-state index contributed by atoms with van der Waals surface area (Å²) in [5, 5.41) is 16.8. The largest absolute Gasteiger partial charge is 0.370 e. The summed E-state index contributed by atoms with van der Waals surface area (Å²) in [7, 11) is 0. The summed E-state index contributed by atoms with van der Waals surface area (Å²) in [6.45, 7) is 3.89. The lowest BCUT2D eigenvalue weighted by Crippen LogP contribution is -2.46. The molecule has 0 saturated carbocycles. The number of guanidine groups is 1. The Bertz CT molecular complexity index is 1180. The van der Waals surface area contributed by atoms with Crippen molar-refractivity contribution in [1.82, 2.24) is 15.5 Å². The minimum absolute atomic E-state index is 0.114. The number of rotatable bonds is 6. The van der Waals surface area contributed by atoms with Gasteiger partial charge in [-0.05, 0) is 65.9 Å². The summed E-state index contributed by atoms with van der Waals surface area (Å²) in [6, 6.07) is 23.8. The number of fused-ring (bicyclic) bond motifs is 1.